The van der Waals surface area contributed by atoms with E-state index in [-0.39, 0.29) is 17.7 Å². The highest BCUT2D eigenvalue weighted by Gasteiger charge is 2.18. The summed E-state index contributed by atoms with van der Waals surface area (Å²) in [5.74, 6) is -0.480. The summed E-state index contributed by atoms with van der Waals surface area (Å²) < 4.78 is 30.9. The van der Waals surface area contributed by atoms with Crippen LogP contribution in [0.2, 0.25) is 0 Å². The summed E-state index contributed by atoms with van der Waals surface area (Å²) in [6.07, 6.45) is 4.27. The lowest BCUT2D eigenvalue weighted by Gasteiger charge is -2.14. The van der Waals surface area contributed by atoms with Gasteiger partial charge in [-0.3, -0.25) is 14.8 Å². The predicted octanol–water partition coefficient (Wildman–Crippen LogP) is 4.23. The van der Waals surface area contributed by atoms with Gasteiger partial charge in [0.1, 0.15) is 5.82 Å². The molecule has 8 nitrogen and oxygen atoms in total. The van der Waals surface area contributed by atoms with Crippen LogP contribution >= 0.6 is 0 Å². The molecule has 0 saturated carbocycles. The first-order chi connectivity index (χ1) is 17.9. The van der Waals surface area contributed by atoms with Crippen LogP contribution in [0.4, 0.5) is 4.39 Å². The minimum Gasteiger partial charge on any atom is -0.493 e. The fourth-order valence-electron chi connectivity index (χ4n) is 3.53. The van der Waals surface area contributed by atoms with Crippen molar-refractivity contribution in [2.24, 2.45) is 0 Å². The van der Waals surface area contributed by atoms with Crippen LogP contribution in [0, 0.1) is 5.82 Å². The molecule has 0 radical (unpaired) electrons. The Bertz CT molecular complexity index is 1290. The summed E-state index contributed by atoms with van der Waals surface area (Å²) >= 11 is 0. The van der Waals surface area contributed by atoms with Crippen LogP contribution < -0.4 is 25.0 Å². The smallest absolute Gasteiger partial charge is 0.267 e. The van der Waals surface area contributed by atoms with Gasteiger partial charge in [0.25, 0.3) is 11.8 Å². The van der Waals surface area contributed by atoms with E-state index in [0.717, 1.165) is 11.1 Å². The molecule has 0 spiro atoms. The molecule has 9 heteroatoms. The third-order valence-electron chi connectivity index (χ3n) is 5.38. The number of hydrogen-bond acceptors (Lipinski definition) is 6. The maximum absolute atomic E-state index is 14.7. The van der Waals surface area contributed by atoms with E-state index in [1.807, 2.05) is 0 Å². The van der Waals surface area contributed by atoms with E-state index in [2.05, 4.69) is 5.32 Å². The van der Waals surface area contributed by atoms with Crippen LogP contribution in [0.3, 0.4) is 0 Å². The standard InChI is InChI=1S/C28H27FN2O6/c1-35-24-15-20(16-25(36-2)27(24)37-3)14-22(21-6-4-5-7-23(21)29)28(33)30-17-19-10-8-18(9-11-19)12-13-26(32)31-34/h4-16,34H,17H2,1-3H3,(H,30,33)(H,31,32)/b13-12+,22-14-. The van der Waals surface area contributed by atoms with Crippen molar-refractivity contribution in [1.29, 1.82) is 0 Å². The van der Waals surface area contributed by atoms with Crippen LogP contribution in [0.15, 0.2) is 66.7 Å². The monoisotopic (exact) mass is 506 g/mol. The maximum Gasteiger partial charge on any atom is 0.267 e. The topological polar surface area (TPSA) is 106 Å². The van der Waals surface area contributed by atoms with Crippen LogP contribution in [0.1, 0.15) is 22.3 Å². The highest BCUT2D eigenvalue weighted by molar-refractivity contribution is 6.24. The first kappa shape index (κ1) is 27.0. The number of carbonyl (C=O) groups excluding carboxylic acids is 2. The van der Waals surface area contributed by atoms with E-state index in [1.54, 1.807) is 54.6 Å². The number of hydroxylamine groups is 1. The van der Waals surface area contributed by atoms with Crippen LogP contribution in [-0.4, -0.2) is 38.4 Å². The summed E-state index contributed by atoms with van der Waals surface area (Å²) in [4.78, 5) is 24.4. The molecule has 0 aliphatic heterocycles. The van der Waals surface area contributed by atoms with E-state index in [1.165, 1.54) is 51.1 Å². The Balaban J connectivity index is 1.90. The molecule has 0 atom stereocenters. The fourth-order valence-corrected chi connectivity index (χ4v) is 3.53. The Morgan fingerprint density at radius 2 is 1.57 bits per heavy atom. The van der Waals surface area contributed by atoms with Crippen molar-refractivity contribution >= 4 is 29.5 Å². The maximum atomic E-state index is 14.7. The van der Waals surface area contributed by atoms with Crippen molar-refractivity contribution in [2.75, 3.05) is 21.3 Å². The molecule has 3 N–H and O–H groups in total. The van der Waals surface area contributed by atoms with Crippen LogP contribution in [-0.2, 0) is 16.1 Å². The molecule has 0 aliphatic rings. The first-order valence-electron chi connectivity index (χ1n) is 11.2. The van der Waals surface area contributed by atoms with Gasteiger partial charge in [0, 0.05) is 18.2 Å². The van der Waals surface area contributed by atoms with Crippen molar-refractivity contribution in [1.82, 2.24) is 10.8 Å². The zero-order chi connectivity index (χ0) is 26.8. The summed E-state index contributed by atoms with van der Waals surface area (Å²) in [6.45, 7) is 0.182. The Morgan fingerprint density at radius 1 is 0.919 bits per heavy atom. The summed E-state index contributed by atoms with van der Waals surface area (Å²) in [6, 6.07) is 16.4. The molecule has 37 heavy (non-hydrogen) atoms. The van der Waals surface area contributed by atoms with E-state index in [9.17, 15) is 14.0 Å². The molecular formula is C28H27FN2O6. The van der Waals surface area contributed by atoms with Gasteiger partial charge in [-0.1, -0.05) is 42.5 Å². The highest BCUT2D eigenvalue weighted by Crippen LogP contribution is 2.39. The van der Waals surface area contributed by atoms with E-state index < -0.39 is 17.6 Å². The largest absolute Gasteiger partial charge is 0.493 e. The number of ether oxygens (including phenoxy) is 3. The van der Waals surface area contributed by atoms with Gasteiger partial charge in [0.2, 0.25) is 5.75 Å². The molecule has 2 amide bonds. The van der Waals surface area contributed by atoms with Gasteiger partial charge < -0.3 is 19.5 Å². The number of halogens is 1. The average molecular weight is 507 g/mol. The zero-order valence-electron chi connectivity index (χ0n) is 20.6. The Kier molecular flexibility index (Phi) is 9.40. The summed E-state index contributed by atoms with van der Waals surface area (Å²) in [5, 5.41) is 11.4. The number of benzene rings is 3. The number of rotatable bonds is 10. The van der Waals surface area contributed by atoms with Crippen molar-refractivity contribution in [3.63, 3.8) is 0 Å². The summed E-state index contributed by atoms with van der Waals surface area (Å²) in [5.41, 5.74) is 3.83. The predicted molar refractivity (Wildman–Crippen MR) is 138 cm³/mol. The summed E-state index contributed by atoms with van der Waals surface area (Å²) in [7, 11) is 4.46. The van der Waals surface area contributed by atoms with E-state index in [4.69, 9.17) is 19.4 Å². The Labute approximate surface area is 213 Å². The van der Waals surface area contributed by atoms with Gasteiger partial charge in [-0.25, -0.2) is 9.87 Å². The van der Waals surface area contributed by atoms with Crippen LogP contribution in [0.25, 0.3) is 17.7 Å². The second kappa shape index (κ2) is 12.9. The quantitative estimate of drug-likeness (QED) is 0.165. The Hall–Kier alpha value is -4.63. The van der Waals surface area contributed by atoms with Crippen molar-refractivity contribution < 1.29 is 33.4 Å². The minimum atomic E-state index is -0.643. The number of carbonyl (C=O) groups is 2. The molecule has 0 saturated heterocycles. The molecule has 3 aromatic rings. The van der Waals surface area contributed by atoms with Crippen molar-refractivity contribution in [3.05, 3.63) is 94.8 Å². The highest BCUT2D eigenvalue weighted by atomic mass is 19.1. The van der Waals surface area contributed by atoms with Crippen molar-refractivity contribution in [2.45, 2.75) is 6.54 Å². The second-order valence-electron chi connectivity index (χ2n) is 7.73. The normalized spacial score (nSPS) is 11.2. The lowest BCUT2D eigenvalue weighted by atomic mass is 10.0. The fraction of sp³-hybridized carbons (Fsp3) is 0.143. The molecule has 0 unspecified atom stereocenters. The number of methoxy groups -OCH3 is 3. The first-order valence-corrected chi connectivity index (χ1v) is 11.2. The molecule has 0 fully saturated rings. The van der Waals surface area contributed by atoms with Crippen molar-refractivity contribution in [3.8, 4) is 17.2 Å². The van der Waals surface area contributed by atoms with Gasteiger partial charge in [0.15, 0.2) is 11.5 Å². The average Bonchev–Trinajstić information content (AvgIpc) is 2.93. The molecular weight excluding hydrogens is 479 g/mol. The number of nitrogens with one attached hydrogen (secondary N) is 2. The third kappa shape index (κ3) is 6.96. The third-order valence-corrected chi connectivity index (χ3v) is 5.38. The molecule has 192 valence electrons. The number of hydrogen-bond donors (Lipinski definition) is 3. The van der Waals surface area contributed by atoms with Gasteiger partial charge in [-0.15, -0.1) is 0 Å². The lowest BCUT2D eigenvalue weighted by molar-refractivity contribution is -0.124. The number of amides is 2. The SMILES string of the molecule is COc1cc(/C=C(\C(=O)NCc2ccc(/C=C/C(=O)NO)cc2)c2ccccc2F)cc(OC)c1OC. The molecule has 0 bridgehead atoms. The van der Waals surface area contributed by atoms with Gasteiger partial charge >= 0.3 is 0 Å². The zero-order valence-corrected chi connectivity index (χ0v) is 20.6. The Morgan fingerprint density at radius 3 is 2.14 bits per heavy atom. The van der Waals surface area contributed by atoms with Gasteiger partial charge in [-0.05, 0) is 47.0 Å². The second-order valence-corrected chi connectivity index (χ2v) is 7.73. The molecule has 0 aromatic heterocycles. The van der Waals surface area contributed by atoms with E-state index >= 15 is 0 Å². The molecule has 0 heterocycles. The van der Waals surface area contributed by atoms with Crippen LogP contribution in [0.5, 0.6) is 17.2 Å². The lowest BCUT2D eigenvalue weighted by Crippen LogP contribution is -2.24. The van der Waals surface area contributed by atoms with Gasteiger partial charge in [-0.2, -0.15) is 0 Å². The molecule has 3 rings (SSSR count). The minimum absolute atomic E-state index is 0.113. The molecule has 0 aliphatic carbocycles. The molecule has 3 aromatic carbocycles. The van der Waals surface area contributed by atoms with E-state index in [0.29, 0.717) is 22.8 Å². The van der Waals surface area contributed by atoms with Gasteiger partial charge in [0.05, 0.1) is 26.9 Å².